The minimum absolute atomic E-state index is 0.194. The number of nitrogens with two attached hydrogens (primary N) is 1. The predicted molar refractivity (Wildman–Crippen MR) is 49.3 cm³/mol. The molecule has 0 saturated heterocycles. The Hall–Kier alpha value is -1.88. The second-order valence-corrected chi connectivity index (χ2v) is 2.65. The Bertz CT molecular complexity index is 326. The van der Waals surface area contributed by atoms with Crippen molar-refractivity contribution in [2.24, 2.45) is 5.73 Å². The number of imide groups is 1. The third kappa shape index (κ3) is 2.08. The van der Waals surface area contributed by atoms with Crippen LogP contribution in [-0.4, -0.2) is 22.5 Å². The van der Waals surface area contributed by atoms with Crippen LogP contribution in [0.3, 0.4) is 0 Å². The molecule has 0 radical (unpaired) electrons. The van der Waals surface area contributed by atoms with Crippen LogP contribution >= 0.6 is 0 Å². The van der Waals surface area contributed by atoms with Gasteiger partial charge in [-0.2, -0.15) is 0 Å². The molecule has 1 rings (SSSR count). The van der Waals surface area contributed by atoms with E-state index < -0.39 is 12.3 Å². The van der Waals surface area contributed by atoms with Crippen LogP contribution in [0.4, 0.5) is 4.79 Å². The van der Waals surface area contributed by atoms with Gasteiger partial charge in [0.25, 0.3) is 0 Å². The fourth-order valence-corrected chi connectivity index (χ4v) is 1.04. The maximum atomic E-state index is 10.6. The zero-order valence-electron chi connectivity index (χ0n) is 7.33. The van der Waals surface area contributed by atoms with E-state index in [0.29, 0.717) is 10.5 Å². The van der Waals surface area contributed by atoms with Crippen LogP contribution in [0, 0.1) is 0 Å². The summed E-state index contributed by atoms with van der Waals surface area (Å²) in [6.45, 7) is 0. The first-order valence-electron chi connectivity index (χ1n) is 3.94. The van der Waals surface area contributed by atoms with Crippen LogP contribution in [0.5, 0.6) is 0 Å². The molecule has 0 aromatic heterocycles. The highest BCUT2D eigenvalue weighted by Gasteiger charge is 2.19. The summed E-state index contributed by atoms with van der Waals surface area (Å²) in [6, 6.07) is 8.54. The summed E-state index contributed by atoms with van der Waals surface area (Å²) in [4.78, 5) is 21.5. The molecule has 0 bridgehead atoms. The average Bonchev–Trinajstić information content (AvgIpc) is 2.19. The number of amides is 2. The van der Waals surface area contributed by atoms with E-state index in [4.69, 9.17) is 10.8 Å². The first-order valence-corrected chi connectivity index (χ1v) is 3.94. The van der Waals surface area contributed by atoms with Gasteiger partial charge in [0.05, 0.1) is 0 Å². The van der Waals surface area contributed by atoms with E-state index in [1.807, 2.05) is 0 Å². The molecular weight excluding hydrogens is 184 g/mol. The minimum atomic E-state index is -1.36. The van der Waals surface area contributed by atoms with Gasteiger partial charge in [-0.25, -0.2) is 9.69 Å². The van der Waals surface area contributed by atoms with E-state index in [0.717, 1.165) is 0 Å². The van der Waals surface area contributed by atoms with Crippen LogP contribution in [-0.2, 0) is 4.79 Å². The molecule has 1 aromatic rings. The summed E-state index contributed by atoms with van der Waals surface area (Å²) in [5.41, 5.74) is 6.14. The number of benzene rings is 1. The van der Waals surface area contributed by atoms with Crippen LogP contribution in [0.15, 0.2) is 30.3 Å². The smallest absolute Gasteiger partial charge is 0.415 e. The molecule has 0 saturated carbocycles. The topological polar surface area (TPSA) is 83.6 Å². The lowest BCUT2D eigenvalue weighted by molar-refractivity contribution is -0.118. The first-order chi connectivity index (χ1) is 6.66. The fraction of sp³-hybridized carbons (Fsp3) is 0.111. The van der Waals surface area contributed by atoms with Crippen molar-refractivity contribution in [1.29, 1.82) is 0 Å². The molecule has 2 amide bonds. The number of carboxylic acid groups (broad SMARTS) is 1. The summed E-state index contributed by atoms with van der Waals surface area (Å²) in [5, 5.41) is 8.62. The molecule has 1 unspecified atom stereocenters. The second kappa shape index (κ2) is 4.38. The van der Waals surface area contributed by atoms with Gasteiger partial charge in [0.1, 0.15) is 6.17 Å². The minimum Gasteiger partial charge on any atom is -0.465 e. The average molecular weight is 194 g/mol. The van der Waals surface area contributed by atoms with Gasteiger partial charge in [0, 0.05) is 0 Å². The molecule has 0 fully saturated rings. The number of hydrogen-bond acceptors (Lipinski definition) is 3. The third-order valence-electron chi connectivity index (χ3n) is 1.78. The number of carbonyl (C=O) groups is 2. The Labute approximate surface area is 80.7 Å². The van der Waals surface area contributed by atoms with Crippen LogP contribution in [0.25, 0.3) is 0 Å². The van der Waals surface area contributed by atoms with Crippen molar-refractivity contribution in [3.05, 3.63) is 35.9 Å². The molecule has 3 N–H and O–H groups in total. The number of carbonyl (C=O) groups excluding carboxylic acids is 1. The molecule has 1 atom stereocenters. The summed E-state index contributed by atoms with van der Waals surface area (Å²) in [5.74, 6) is 0. The van der Waals surface area contributed by atoms with E-state index in [-0.39, 0.29) is 6.41 Å². The second-order valence-electron chi connectivity index (χ2n) is 2.65. The van der Waals surface area contributed by atoms with Crippen molar-refractivity contribution in [3.8, 4) is 0 Å². The zero-order chi connectivity index (χ0) is 10.6. The Morgan fingerprint density at radius 1 is 1.43 bits per heavy atom. The van der Waals surface area contributed by atoms with Gasteiger partial charge in [-0.1, -0.05) is 30.3 Å². The highest BCUT2D eigenvalue weighted by Crippen LogP contribution is 2.12. The fourth-order valence-electron chi connectivity index (χ4n) is 1.04. The van der Waals surface area contributed by atoms with E-state index in [9.17, 15) is 9.59 Å². The van der Waals surface area contributed by atoms with Crippen LogP contribution in [0.1, 0.15) is 11.7 Å². The molecule has 14 heavy (non-hydrogen) atoms. The van der Waals surface area contributed by atoms with Gasteiger partial charge in [0.15, 0.2) is 0 Å². The largest absolute Gasteiger partial charge is 0.465 e. The van der Waals surface area contributed by atoms with Crippen molar-refractivity contribution in [2.45, 2.75) is 6.17 Å². The number of rotatable bonds is 3. The highest BCUT2D eigenvalue weighted by atomic mass is 16.4. The SMILES string of the molecule is NC(c1ccccc1)N(C=O)C(=O)O. The molecule has 5 nitrogen and oxygen atoms in total. The van der Waals surface area contributed by atoms with Gasteiger partial charge in [-0.3, -0.25) is 4.79 Å². The monoisotopic (exact) mass is 194 g/mol. The summed E-state index contributed by atoms with van der Waals surface area (Å²) in [7, 11) is 0. The molecule has 1 aromatic carbocycles. The Morgan fingerprint density at radius 2 is 2.00 bits per heavy atom. The molecule has 0 aliphatic heterocycles. The van der Waals surface area contributed by atoms with E-state index in [1.165, 1.54) is 0 Å². The zero-order valence-corrected chi connectivity index (χ0v) is 7.33. The van der Waals surface area contributed by atoms with Gasteiger partial charge in [-0.05, 0) is 5.56 Å². The number of hydrogen-bond donors (Lipinski definition) is 2. The van der Waals surface area contributed by atoms with E-state index >= 15 is 0 Å². The molecule has 0 spiro atoms. The van der Waals surface area contributed by atoms with Gasteiger partial charge in [-0.15, -0.1) is 0 Å². The number of nitrogens with zero attached hydrogens (tertiary/aromatic N) is 1. The van der Waals surface area contributed by atoms with Gasteiger partial charge in [0.2, 0.25) is 6.41 Å². The highest BCUT2D eigenvalue weighted by molar-refractivity contribution is 5.79. The summed E-state index contributed by atoms with van der Waals surface area (Å²) < 4.78 is 0. The molecular formula is C9H10N2O3. The van der Waals surface area contributed by atoms with Gasteiger partial charge < -0.3 is 10.8 Å². The van der Waals surface area contributed by atoms with Crippen molar-refractivity contribution < 1.29 is 14.7 Å². The Balaban J connectivity index is 2.88. The lowest BCUT2D eigenvalue weighted by Crippen LogP contribution is -2.37. The normalized spacial score (nSPS) is 11.8. The molecule has 5 heteroatoms. The van der Waals surface area contributed by atoms with Crippen molar-refractivity contribution in [2.75, 3.05) is 0 Å². The first kappa shape index (κ1) is 10.2. The molecule has 0 aliphatic rings. The standard InChI is InChI=1S/C9H10N2O3/c10-8(11(6-12)9(13)14)7-4-2-1-3-5-7/h1-6,8H,10H2,(H,13,14). The Morgan fingerprint density at radius 3 is 2.43 bits per heavy atom. The molecule has 74 valence electrons. The predicted octanol–water partition coefficient (Wildman–Crippen LogP) is 0.780. The summed E-state index contributed by atoms with van der Waals surface area (Å²) >= 11 is 0. The quantitative estimate of drug-likeness (QED) is 0.550. The lowest BCUT2D eigenvalue weighted by Gasteiger charge is -2.19. The van der Waals surface area contributed by atoms with Crippen molar-refractivity contribution in [3.63, 3.8) is 0 Å². The van der Waals surface area contributed by atoms with Crippen molar-refractivity contribution in [1.82, 2.24) is 4.90 Å². The molecule has 0 aliphatic carbocycles. The van der Waals surface area contributed by atoms with Crippen LogP contribution in [0.2, 0.25) is 0 Å². The maximum absolute atomic E-state index is 10.6. The van der Waals surface area contributed by atoms with E-state index in [1.54, 1.807) is 30.3 Å². The third-order valence-corrected chi connectivity index (χ3v) is 1.78. The maximum Gasteiger partial charge on any atom is 0.415 e. The lowest BCUT2D eigenvalue weighted by atomic mass is 10.2. The van der Waals surface area contributed by atoms with Gasteiger partial charge >= 0.3 is 6.09 Å². The summed E-state index contributed by atoms with van der Waals surface area (Å²) in [6.07, 6.45) is -2.12. The molecule has 0 heterocycles. The Kier molecular flexibility index (Phi) is 3.19. The van der Waals surface area contributed by atoms with Crippen LogP contribution < -0.4 is 5.73 Å². The van der Waals surface area contributed by atoms with E-state index in [2.05, 4.69) is 0 Å². The van der Waals surface area contributed by atoms with Crippen molar-refractivity contribution >= 4 is 12.5 Å².